The first-order chi connectivity index (χ1) is 17.9. The van der Waals surface area contributed by atoms with Gasteiger partial charge in [-0.3, -0.25) is 14.5 Å². The number of aliphatic imine (C=N–C) groups is 1. The van der Waals surface area contributed by atoms with E-state index in [1.807, 2.05) is 12.1 Å². The number of nitrogens with one attached hydrogen (secondary N) is 1. The van der Waals surface area contributed by atoms with E-state index in [1.54, 1.807) is 80.8 Å². The highest BCUT2D eigenvalue weighted by Gasteiger charge is 2.36. The average Bonchev–Trinajstić information content (AvgIpc) is 2.92. The molecular formula is C27H26ClN3O5S. The first kappa shape index (κ1) is 26.4. The number of para-hydroxylation sites is 1. The van der Waals surface area contributed by atoms with E-state index in [0.717, 1.165) is 5.56 Å². The number of nitrogens with zero attached hydrogens (tertiary/aromatic N) is 2. The molecule has 1 aliphatic rings. The van der Waals surface area contributed by atoms with Gasteiger partial charge < -0.3 is 19.5 Å². The number of ether oxygens (including phenoxy) is 3. The Labute approximate surface area is 224 Å². The van der Waals surface area contributed by atoms with E-state index < -0.39 is 5.25 Å². The fourth-order valence-corrected chi connectivity index (χ4v) is 4.98. The molecule has 0 radical (unpaired) electrons. The summed E-state index contributed by atoms with van der Waals surface area (Å²) in [4.78, 5) is 32.8. The van der Waals surface area contributed by atoms with Crippen molar-refractivity contribution in [1.82, 2.24) is 4.90 Å². The SMILES string of the molecule is COc1ccc(N=C2S[C@@H](C(=O)Nc3ccccc3Cl)CC(=O)N2Cc2ccc(OC)c(OC)c2)cc1. The maximum absolute atomic E-state index is 13.4. The fraction of sp³-hybridized carbons (Fsp3) is 0.222. The monoisotopic (exact) mass is 539 g/mol. The Morgan fingerprint density at radius 1 is 1.03 bits per heavy atom. The van der Waals surface area contributed by atoms with Crippen molar-refractivity contribution in [3.8, 4) is 17.2 Å². The highest BCUT2D eigenvalue weighted by molar-refractivity contribution is 8.15. The first-order valence-electron chi connectivity index (χ1n) is 11.4. The van der Waals surface area contributed by atoms with E-state index in [2.05, 4.69) is 5.32 Å². The number of anilines is 1. The van der Waals surface area contributed by atoms with Crippen LogP contribution in [-0.2, 0) is 16.1 Å². The summed E-state index contributed by atoms with van der Waals surface area (Å²) >= 11 is 7.44. The fourth-order valence-electron chi connectivity index (χ4n) is 3.70. The van der Waals surface area contributed by atoms with Gasteiger partial charge in [0.25, 0.3) is 0 Å². The lowest BCUT2D eigenvalue weighted by Crippen LogP contribution is -2.44. The standard InChI is InChI=1S/C27H26ClN3O5S/c1-34-19-11-9-18(10-12-19)29-27-31(16-17-8-13-22(35-2)23(14-17)36-3)25(32)15-24(37-27)26(33)30-21-7-5-4-6-20(21)28/h4-14,24H,15-16H2,1-3H3,(H,30,33)/t24-/m1/s1. The zero-order chi connectivity index (χ0) is 26.4. The Bertz CT molecular complexity index is 1320. The normalized spacial score (nSPS) is 16.4. The van der Waals surface area contributed by atoms with Crippen LogP contribution in [0, 0.1) is 0 Å². The molecule has 1 aliphatic heterocycles. The molecule has 0 saturated carbocycles. The molecule has 1 heterocycles. The topological polar surface area (TPSA) is 89.5 Å². The van der Waals surface area contributed by atoms with E-state index in [-0.39, 0.29) is 24.8 Å². The summed E-state index contributed by atoms with van der Waals surface area (Å²) in [6.07, 6.45) is 0.00980. The minimum absolute atomic E-state index is 0.00980. The third kappa shape index (κ3) is 6.36. The predicted octanol–water partition coefficient (Wildman–Crippen LogP) is 5.53. The zero-order valence-corrected chi connectivity index (χ0v) is 22.1. The number of methoxy groups -OCH3 is 3. The lowest BCUT2D eigenvalue weighted by atomic mass is 10.1. The molecule has 4 rings (SSSR count). The second-order valence-electron chi connectivity index (χ2n) is 8.04. The number of halogens is 1. The van der Waals surface area contributed by atoms with Crippen LogP contribution in [0.25, 0.3) is 0 Å². The number of hydrogen-bond acceptors (Lipinski definition) is 7. The van der Waals surface area contributed by atoms with Gasteiger partial charge in [0, 0.05) is 6.42 Å². The minimum atomic E-state index is -0.678. The summed E-state index contributed by atoms with van der Waals surface area (Å²) in [5, 5.41) is 2.98. The predicted molar refractivity (Wildman–Crippen MR) is 146 cm³/mol. The average molecular weight is 540 g/mol. The number of amidine groups is 1. The van der Waals surface area contributed by atoms with E-state index in [0.29, 0.717) is 38.8 Å². The number of carbonyl (C=O) groups excluding carboxylic acids is 2. The molecule has 1 saturated heterocycles. The molecule has 37 heavy (non-hydrogen) atoms. The van der Waals surface area contributed by atoms with Gasteiger partial charge in [-0.15, -0.1) is 0 Å². The van der Waals surface area contributed by atoms with Crippen LogP contribution in [0.3, 0.4) is 0 Å². The number of carbonyl (C=O) groups is 2. The Morgan fingerprint density at radius 3 is 2.43 bits per heavy atom. The van der Waals surface area contributed by atoms with Crippen molar-refractivity contribution in [2.75, 3.05) is 26.6 Å². The van der Waals surface area contributed by atoms with Crippen LogP contribution >= 0.6 is 23.4 Å². The molecule has 0 aromatic heterocycles. The van der Waals surface area contributed by atoms with Crippen LogP contribution in [0.4, 0.5) is 11.4 Å². The molecule has 3 aromatic carbocycles. The number of thioether (sulfide) groups is 1. The van der Waals surface area contributed by atoms with Gasteiger partial charge in [0.1, 0.15) is 11.0 Å². The van der Waals surface area contributed by atoms with E-state index >= 15 is 0 Å². The van der Waals surface area contributed by atoms with Crippen molar-refractivity contribution >= 4 is 51.7 Å². The third-order valence-corrected chi connectivity index (χ3v) is 7.17. The van der Waals surface area contributed by atoms with E-state index in [4.69, 9.17) is 30.8 Å². The van der Waals surface area contributed by atoms with Gasteiger partial charge in [-0.25, -0.2) is 4.99 Å². The van der Waals surface area contributed by atoms with Gasteiger partial charge in [0.15, 0.2) is 16.7 Å². The summed E-state index contributed by atoms with van der Waals surface area (Å²) < 4.78 is 16.0. The van der Waals surface area contributed by atoms with Crippen LogP contribution in [0.5, 0.6) is 17.2 Å². The summed E-state index contributed by atoms with van der Waals surface area (Å²) in [5.74, 6) is 1.30. The number of amides is 2. The summed E-state index contributed by atoms with van der Waals surface area (Å²) in [6, 6.07) is 19.6. The molecule has 0 spiro atoms. The van der Waals surface area contributed by atoms with Gasteiger partial charge in [-0.05, 0) is 54.1 Å². The molecule has 1 atom stereocenters. The maximum Gasteiger partial charge on any atom is 0.238 e. The van der Waals surface area contributed by atoms with Crippen LogP contribution < -0.4 is 19.5 Å². The van der Waals surface area contributed by atoms with Gasteiger partial charge in [-0.2, -0.15) is 0 Å². The van der Waals surface area contributed by atoms with Crippen LogP contribution in [-0.4, -0.2) is 48.5 Å². The van der Waals surface area contributed by atoms with E-state index in [1.165, 1.54) is 11.8 Å². The molecular weight excluding hydrogens is 514 g/mol. The smallest absolute Gasteiger partial charge is 0.238 e. The maximum atomic E-state index is 13.4. The van der Waals surface area contributed by atoms with Gasteiger partial charge in [-0.1, -0.05) is 41.6 Å². The van der Waals surface area contributed by atoms with Gasteiger partial charge in [0.05, 0.1) is 44.3 Å². The van der Waals surface area contributed by atoms with Crippen LogP contribution in [0.2, 0.25) is 5.02 Å². The van der Waals surface area contributed by atoms with Crippen molar-refractivity contribution in [2.45, 2.75) is 18.2 Å². The molecule has 3 aromatic rings. The summed E-state index contributed by atoms with van der Waals surface area (Å²) in [6.45, 7) is 0.250. The largest absolute Gasteiger partial charge is 0.497 e. The molecule has 0 aliphatic carbocycles. The first-order valence-corrected chi connectivity index (χ1v) is 12.6. The van der Waals surface area contributed by atoms with Crippen molar-refractivity contribution in [3.63, 3.8) is 0 Å². The zero-order valence-electron chi connectivity index (χ0n) is 20.6. The second-order valence-corrected chi connectivity index (χ2v) is 9.62. The molecule has 2 amide bonds. The lowest BCUT2D eigenvalue weighted by molar-refractivity contribution is -0.129. The minimum Gasteiger partial charge on any atom is -0.497 e. The van der Waals surface area contributed by atoms with E-state index in [9.17, 15) is 9.59 Å². The van der Waals surface area contributed by atoms with Crippen molar-refractivity contribution in [1.29, 1.82) is 0 Å². The van der Waals surface area contributed by atoms with Gasteiger partial charge >= 0.3 is 0 Å². The molecule has 1 fully saturated rings. The van der Waals surface area contributed by atoms with Crippen LogP contribution in [0.15, 0.2) is 71.7 Å². The highest BCUT2D eigenvalue weighted by Crippen LogP contribution is 2.34. The molecule has 1 N–H and O–H groups in total. The molecule has 10 heteroatoms. The second kappa shape index (κ2) is 12.0. The molecule has 8 nitrogen and oxygen atoms in total. The van der Waals surface area contributed by atoms with Gasteiger partial charge in [0.2, 0.25) is 11.8 Å². The third-order valence-electron chi connectivity index (χ3n) is 5.65. The number of benzene rings is 3. The Kier molecular flexibility index (Phi) is 8.58. The Hall–Kier alpha value is -3.69. The van der Waals surface area contributed by atoms with Crippen molar-refractivity contribution in [2.24, 2.45) is 4.99 Å². The van der Waals surface area contributed by atoms with Crippen LogP contribution in [0.1, 0.15) is 12.0 Å². The van der Waals surface area contributed by atoms with Crippen molar-refractivity contribution < 1.29 is 23.8 Å². The summed E-state index contributed by atoms with van der Waals surface area (Å²) in [5.41, 5.74) is 1.94. The number of hydrogen-bond donors (Lipinski definition) is 1. The highest BCUT2D eigenvalue weighted by atomic mass is 35.5. The quantitative estimate of drug-likeness (QED) is 0.405. The van der Waals surface area contributed by atoms with Crippen molar-refractivity contribution in [3.05, 3.63) is 77.3 Å². The molecule has 0 unspecified atom stereocenters. The summed E-state index contributed by atoms with van der Waals surface area (Å²) in [7, 11) is 4.71. The molecule has 0 bridgehead atoms. The number of rotatable bonds is 8. The molecule has 192 valence electrons. The Balaban J connectivity index is 1.63. The lowest BCUT2D eigenvalue weighted by Gasteiger charge is -2.32. The Morgan fingerprint density at radius 2 is 1.76 bits per heavy atom.